The second-order valence-corrected chi connectivity index (χ2v) is 8.07. The van der Waals surface area contributed by atoms with Crippen LogP contribution in [0.2, 0.25) is 5.02 Å². The van der Waals surface area contributed by atoms with Crippen molar-refractivity contribution in [3.63, 3.8) is 0 Å². The van der Waals surface area contributed by atoms with Gasteiger partial charge in [0.1, 0.15) is 0 Å². The Morgan fingerprint density at radius 2 is 1.92 bits per heavy atom. The first-order valence-corrected chi connectivity index (χ1v) is 9.36. The second-order valence-electron chi connectivity index (χ2n) is 7.64. The van der Waals surface area contributed by atoms with Gasteiger partial charge in [0, 0.05) is 23.7 Å². The van der Waals surface area contributed by atoms with Gasteiger partial charge in [0.05, 0.1) is 18.3 Å². The first-order chi connectivity index (χ1) is 11.4. The summed E-state index contributed by atoms with van der Waals surface area (Å²) in [5.41, 5.74) is 0.477. The molecular weight excluding hydrogens is 324 g/mol. The lowest BCUT2D eigenvalue weighted by molar-refractivity contribution is -0.154. The number of halogens is 1. The van der Waals surface area contributed by atoms with Crippen LogP contribution in [0.1, 0.15) is 32.3 Å². The normalized spacial score (nSPS) is 27.3. The third-order valence-corrected chi connectivity index (χ3v) is 5.54. The maximum atomic E-state index is 10.4. The molecule has 0 aliphatic carbocycles. The zero-order valence-corrected chi connectivity index (χ0v) is 15.4. The molecule has 2 aliphatic heterocycles. The summed E-state index contributed by atoms with van der Waals surface area (Å²) in [6, 6.07) is 9.03. The summed E-state index contributed by atoms with van der Waals surface area (Å²) in [6.07, 6.45) is 3.15. The molecule has 0 aromatic heterocycles. The molecule has 4 nitrogen and oxygen atoms in total. The smallest absolute Gasteiger partial charge is 0.0983 e. The molecule has 0 amide bonds. The lowest BCUT2D eigenvalue weighted by atomic mass is 9.93. The fraction of sp³-hybridized carbons (Fsp3) is 0.684. The van der Waals surface area contributed by atoms with Gasteiger partial charge in [0.15, 0.2) is 0 Å². The summed E-state index contributed by atoms with van der Waals surface area (Å²) >= 11 is 6.00. The topological polar surface area (TPSA) is 44.7 Å². The van der Waals surface area contributed by atoms with E-state index in [9.17, 15) is 5.11 Å². The SMILES string of the molecule is CC(C)(O)C1CN(C2CCNCC2)[C@@H](Cc2ccc(Cl)cc2)CO1. The molecule has 0 bridgehead atoms. The molecule has 2 saturated heterocycles. The standard InChI is InChI=1S/C19H29ClN2O2/c1-19(2,23)18-12-22(16-7-9-21-10-8-16)17(13-24-18)11-14-3-5-15(20)6-4-14/h3-6,16-18,21,23H,7-13H2,1-2H3/t17-,18?/m0/s1. The number of benzene rings is 1. The van der Waals surface area contributed by atoms with Crippen molar-refractivity contribution in [1.82, 2.24) is 10.2 Å². The van der Waals surface area contributed by atoms with Crippen molar-refractivity contribution in [2.24, 2.45) is 0 Å². The summed E-state index contributed by atoms with van der Waals surface area (Å²) < 4.78 is 6.04. The lowest BCUT2D eigenvalue weighted by Gasteiger charge is -2.48. The molecule has 2 atom stereocenters. The summed E-state index contributed by atoms with van der Waals surface area (Å²) in [6.45, 7) is 7.30. The lowest BCUT2D eigenvalue weighted by Crippen LogP contribution is -2.60. The van der Waals surface area contributed by atoms with Gasteiger partial charge in [-0.15, -0.1) is 0 Å². The molecular formula is C19H29ClN2O2. The van der Waals surface area contributed by atoms with Gasteiger partial charge in [-0.1, -0.05) is 23.7 Å². The summed E-state index contributed by atoms with van der Waals surface area (Å²) in [4.78, 5) is 2.58. The first-order valence-electron chi connectivity index (χ1n) is 8.98. The number of aliphatic hydroxyl groups is 1. The van der Waals surface area contributed by atoms with E-state index in [0.717, 1.165) is 43.9 Å². The van der Waals surface area contributed by atoms with Crippen molar-refractivity contribution in [2.45, 2.75) is 56.9 Å². The van der Waals surface area contributed by atoms with Crippen LogP contribution >= 0.6 is 11.6 Å². The predicted octanol–water partition coefficient (Wildman–Crippen LogP) is 2.47. The summed E-state index contributed by atoms with van der Waals surface area (Å²) in [7, 11) is 0. The number of piperidine rings is 1. The average molecular weight is 353 g/mol. The average Bonchev–Trinajstić information content (AvgIpc) is 2.57. The molecule has 2 N–H and O–H groups in total. The first kappa shape index (κ1) is 18.2. The Kier molecular flexibility index (Phi) is 5.83. The van der Waals surface area contributed by atoms with Crippen LogP contribution in [0.3, 0.4) is 0 Å². The molecule has 2 aliphatic rings. The van der Waals surface area contributed by atoms with Gasteiger partial charge in [-0.05, 0) is 63.9 Å². The van der Waals surface area contributed by atoms with Gasteiger partial charge < -0.3 is 15.2 Å². The van der Waals surface area contributed by atoms with Gasteiger partial charge in [0.2, 0.25) is 0 Å². The van der Waals surface area contributed by atoms with Crippen molar-refractivity contribution in [3.8, 4) is 0 Å². The van der Waals surface area contributed by atoms with Gasteiger partial charge in [-0.3, -0.25) is 4.90 Å². The fourth-order valence-corrected chi connectivity index (χ4v) is 3.92. The molecule has 2 heterocycles. The monoisotopic (exact) mass is 352 g/mol. The highest BCUT2D eigenvalue weighted by molar-refractivity contribution is 6.30. The van der Waals surface area contributed by atoms with Crippen molar-refractivity contribution in [2.75, 3.05) is 26.2 Å². The van der Waals surface area contributed by atoms with E-state index in [2.05, 4.69) is 22.3 Å². The van der Waals surface area contributed by atoms with Gasteiger partial charge in [-0.2, -0.15) is 0 Å². The van der Waals surface area contributed by atoms with E-state index in [-0.39, 0.29) is 6.10 Å². The third kappa shape index (κ3) is 4.50. The van der Waals surface area contributed by atoms with Crippen LogP contribution in [-0.4, -0.2) is 60.0 Å². The Balaban J connectivity index is 1.74. The van der Waals surface area contributed by atoms with Crippen molar-refractivity contribution in [3.05, 3.63) is 34.9 Å². The van der Waals surface area contributed by atoms with Crippen LogP contribution in [0.25, 0.3) is 0 Å². The Labute approximate surface area is 150 Å². The van der Waals surface area contributed by atoms with E-state index in [1.54, 1.807) is 0 Å². The van der Waals surface area contributed by atoms with E-state index >= 15 is 0 Å². The zero-order chi connectivity index (χ0) is 17.2. The highest BCUT2D eigenvalue weighted by Crippen LogP contribution is 2.27. The highest BCUT2D eigenvalue weighted by Gasteiger charge is 2.39. The Morgan fingerprint density at radius 3 is 2.54 bits per heavy atom. The summed E-state index contributed by atoms with van der Waals surface area (Å²) in [5.74, 6) is 0. The van der Waals surface area contributed by atoms with Crippen molar-refractivity contribution in [1.29, 1.82) is 0 Å². The molecule has 0 radical (unpaired) electrons. The molecule has 1 aromatic rings. The van der Waals surface area contributed by atoms with E-state index in [4.69, 9.17) is 16.3 Å². The van der Waals surface area contributed by atoms with Gasteiger partial charge >= 0.3 is 0 Å². The van der Waals surface area contributed by atoms with Crippen molar-refractivity contribution < 1.29 is 9.84 Å². The van der Waals surface area contributed by atoms with E-state index in [0.29, 0.717) is 18.7 Å². The van der Waals surface area contributed by atoms with Crippen LogP contribution in [-0.2, 0) is 11.2 Å². The third-order valence-electron chi connectivity index (χ3n) is 5.29. The second kappa shape index (κ2) is 7.71. The molecule has 1 unspecified atom stereocenters. The van der Waals surface area contributed by atoms with E-state index in [1.807, 2.05) is 26.0 Å². The highest BCUT2D eigenvalue weighted by atomic mass is 35.5. The molecule has 2 fully saturated rings. The quantitative estimate of drug-likeness (QED) is 0.873. The number of hydrogen-bond acceptors (Lipinski definition) is 4. The Morgan fingerprint density at radius 1 is 1.25 bits per heavy atom. The van der Waals surface area contributed by atoms with Crippen LogP contribution in [0.4, 0.5) is 0 Å². The number of morpholine rings is 1. The molecule has 3 rings (SSSR count). The number of nitrogens with zero attached hydrogens (tertiary/aromatic N) is 1. The molecule has 1 aromatic carbocycles. The maximum absolute atomic E-state index is 10.4. The largest absolute Gasteiger partial charge is 0.388 e. The summed E-state index contributed by atoms with van der Waals surface area (Å²) in [5, 5.41) is 14.6. The van der Waals surface area contributed by atoms with E-state index < -0.39 is 5.60 Å². The van der Waals surface area contributed by atoms with E-state index in [1.165, 1.54) is 5.56 Å². The maximum Gasteiger partial charge on any atom is 0.0983 e. The van der Waals surface area contributed by atoms with Crippen molar-refractivity contribution >= 4 is 11.6 Å². The zero-order valence-electron chi connectivity index (χ0n) is 14.7. The van der Waals surface area contributed by atoms with Gasteiger partial charge in [0.25, 0.3) is 0 Å². The fourth-order valence-electron chi connectivity index (χ4n) is 3.80. The number of nitrogens with one attached hydrogen (secondary N) is 1. The predicted molar refractivity (Wildman–Crippen MR) is 97.6 cm³/mol. The number of ether oxygens (including phenoxy) is 1. The molecule has 0 spiro atoms. The molecule has 5 heteroatoms. The van der Waals surface area contributed by atoms with Gasteiger partial charge in [-0.25, -0.2) is 0 Å². The van der Waals surface area contributed by atoms with Crippen LogP contribution < -0.4 is 5.32 Å². The van der Waals surface area contributed by atoms with Crippen LogP contribution in [0, 0.1) is 0 Å². The van der Waals surface area contributed by atoms with Crippen LogP contribution in [0.5, 0.6) is 0 Å². The Hall–Kier alpha value is -0.650. The Bertz CT molecular complexity index is 523. The number of rotatable bonds is 4. The minimum atomic E-state index is -0.809. The van der Waals surface area contributed by atoms with Crippen LogP contribution in [0.15, 0.2) is 24.3 Å². The molecule has 134 valence electrons. The molecule has 24 heavy (non-hydrogen) atoms. The minimum Gasteiger partial charge on any atom is -0.388 e. The minimum absolute atomic E-state index is 0.131. The molecule has 0 saturated carbocycles. The number of hydrogen-bond donors (Lipinski definition) is 2.